The highest BCUT2D eigenvalue weighted by Crippen LogP contribution is 2.33. The van der Waals surface area contributed by atoms with Crippen molar-refractivity contribution in [3.8, 4) is 23.4 Å². The molecule has 1 aromatic carbocycles. The van der Waals surface area contributed by atoms with Gasteiger partial charge in [-0.2, -0.15) is 10.5 Å². The lowest BCUT2D eigenvalue weighted by Crippen LogP contribution is -2.34. The molecule has 3 rings (SSSR count). The van der Waals surface area contributed by atoms with Crippen LogP contribution in [0.3, 0.4) is 0 Å². The van der Waals surface area contributed by atoms with Crippen molar-refractivity contribution in [3.05, 3.63) is 50.9 Å². The number of nitrogens with zero attached hydrogens (tertiary/aromatic N) is 4. The van der Waals surface area contributed by atoms with Gasteiger partial charge in [-0.15, -0.1) is 0 Å². The number of hydrogen-bond acceptors (Lipinski definition) is 8. The molecule has 0 saturated carbocycles. The molecule has 10 nitrogen and oxygen atoms in total. The van der Waals surface area contributed by atoms with Gasteiger partial charge in [0.2, 0.25) is 5.91 Å². The van der Waals surface area contributed by atoms with Crippen molar-refractivity contribution in [1.29, 1.82) is 10.5 Å². The zero-order valence-electron chi connectivity index (χ0n) is 16.9. The maximum atomic E-state index is 12.4. The molecule has 0 saturated heterocycles. The molecular weight excluding hydrogens is 418 g/mol. The first-order valence-electron chi connectivity index (χ1n) is 8.97. The van der Waals surface area contributed by atoms with Gasteiger partial charge in [0.25, 0.3) is 0 Å². The van der Waals surface area contributed by atoms with Crippen LogP contribution in [0, 0.1) is 36.5 Å². The lowest BCUT2D eigenvalue weighted by molar-refractivity contribution is -0.730. The number of aryl methyl sites for hydroxylation is 3. The van der Waals surface area contributed by atoms with Crippen molar-refractivity contribution in [1.82, 2.24) is 10.3 Å². The highest BCUT2D eigenvalue weighted by molar-refractivity contribution is 8.00. The Morgan fingerprint density at radius 3 is 2.45 bits per heavy atom. The summed E-state index contributed by atoms with van der Waals surface area (Å²) in [5, 5.41) is 24.5. The molecule has 11 heteroatoms. The van der Waals surface area contributed by atoms with Crippen LogP contribution >= 0.6 is 11.8 Å². The summed E-state index contributed by atoms with van der Waals surface area (Å²) < 4.78 is 5.98. The third-order valence-corrected chi connectivity index (χ3v) is 5.28. The maximum absolute atomic E-state index is 12.4. The molecule has 1 amide bonds. The fraction of sp³-hybridized carbons (Fsp3) is 0.200. The standard InChI is InChI=1S/C20H17N7O3S/c1-10-4-11(2)6-12(5-10)24-15(28)9-31-19-14(8-22)16(13(7-21)18(23)25-19)17-20(29)30-26-27(17)3/h4-6H,9H2,1-3H3,(H3-,23,24,25,26,28,29)/p+1. The van der Waals surface area contributed by atoms with Crippen molar-refractivity contribution in [2.75, 3.05) is 16.8 Å². The molecule has 0 spiro atoms. The molecule has 0 aliphatic heterocycles. The minimum absolute atomic E-state index is 0.00668. The van der Waals surface area contributed by atoms with E-state index in [2.05, 4.69) is 15.6 Å². The third-order valence-electron chi connectivity index (χ3n) is 4.30. The second-order valence-electron chi connectivity index (χ2n) is 6.75. The van der Waals surface area contributed by atoms with Gasteiger partial charge in [-0.1, -0.05) is 22.5 Å². The predicted molar refractivity (Wildman–Crippen MR) is 113 cm³/mol. The fourth-order valence-corrected chi connectivity index (χ4v) is 3.92. The molecule has 2 heterocycles. The van der Waals surface area contributed by atoms with Gasteiger partial charge in [-0.25, -0.2) is 9.78 Å². The molecule has 156 valence electrons. The van der Waals surface area contributed by atoms with E-state index in [4.69, 9.17) is 10.3 Å². The number of H-pyrrole nitrogens is 1. The van der Waals surface area contributed by atoms with Gasteiger partial charge in [0.15, 0.2) is 7.05 Å². The quantitative estimate of drug-likeness (QED) is 0.400. The van der Waals surface area contributed by atoms with Gasteiger partial charge in [0.1, 0.15) is 34.1 Å². The summed E-state index contributed by atoms with van der Waals surface area (Å²) in [5.41, 5.74) is 7.62. The number of anilines is 2. The number of nitrogens with one attached hydrogen (secondary N) is 2. The molecule has 0 atom stereocenters. The second kappa shape index (κ2) is 8.73. The van der Waals surface area contributed by atoms with E-state index < -0.39 is 5.63 Å². The van der Waals surface area contributed by atoms with Crippen molar-refractivity contribution in [2.24, 2.45) is 7.05 Å². The largest absolute Gasteiger partial charge is 0.435 e. The predicted octanol–water partition coefficient (Wildman–Crippen LogP) is 1.53. The Kier molecular flexibility index (Phi) is 6.09. The Hall–Kier alpha value is -4.09. The Balaban J connectivity index is 1.95. The molecule has 4 N–H and O–H groups in total. The monoisotopic (exact) mass is 436 g/mol. The van der Waals surface area contributed by atoms with E-state index in [0.717, 1.165) is 22.9 Å². The number of nitriles is 2. The topological polar surface area (TPSA) is 165 Å². The van der Waals surface area contributed by atoms with Crippen LogP contribution in [0.1, 0.15) is 22.3 Å². The molecule has 3 aromatic rings. The summed E-state index contributed by atoms with van der Waals surface area (Å²) in [7, 11) is 1.49. The summed E-state index contributed by atoms with van der Waals surface area (Å²) in [4.78, 5) is 28.7. The van der Waals surface area contributed by atoms with Crippen LogP contribution in [-0.4, -0.2) is 21.9 Å². The number of aromatic amines is 1. The van der Waals surface area contributed by atoms with Gasteiger partial charge in [-0.3, -0.25) is 9.32 Å². The lowest BCUT2D eigenvalue weighted by atomic mass is 10.0. The van der Waals surface area contributed by atoms with Crippen molar-refractivity contribution in [2.45, 2.75) is 18.9 Å². The zero-order valence-corrected chi connectivity index (χ0v) is 17.8. The van der Waals surface area contributed by atoms with Crippen molar-refractivity contribution >= 4 is 29.2 Å². The second-order valence-corrected chi connectivity index (χ2v) is 7.72. The number of nitrogen functional groups attached to an aromatic ring is 1. The van der Waals surface area contributed by atoms with Crippen LogP contribution in [0.25, 0.3) is 11.3 Å². The molecule has 0 radical (unpaired) electrons. The maximum Gasteiger partial charge on any atom is 0.435 e. The normalized spacial score (nSPS) is 10.4. The molecule has 31 heavy (non-hydrogen) atoms. The Morgan fingerprint density at radius 2 is 1.90 bits per heavy atom. The summed E-state index contributed by atoms with van der Waals surface area (Å²) in [6, 6.07) is 9.53. The number of nitrogens with two attached hydrogens (primary N) is 1. The smallest absolute Gasteiger partial charge is 0.383 e. The molecule has 0 fully saturated rings. The van der Waals surface area contributed by atoms with E-state index in [1.807, 2.05) is 44.2 Å². The van der Waals surface area contributed by atoms with E-state index in [9.17, 15) is 20.1 Å². The van der Waals surface area contributed by atoms with Crippen LogP contribution < -0.4 is 21.4 Å². The number of carbonyl (C=O) groups is 1. The number of thioether (sulfide) groups is 1. The van der Waals surface area contributed by atoms with E-state index in [-0.39, 0.29) is 44.9 Å². The molecule has 2 aromatic heterocycles. The van der Waals surface area contributed by atoms with Gasteiger partial charge >= 0.3 is 11.3 Å². The van der Waals surface area contributed by atoms with Gasteiger partial charge in [-0.05, 0) is 42.4 Å². The third kappa shape index (κ3) is 4.42. The average molecular weight is 436 g/mol. The first kappa shape index (κ1) is 21.6. The van der Waals surface area contributed by atoms with Gasteiger partial charge < -0.3 is 11.1 Å². The van der Waals surface area contributed by atoms with Gasteiger partial charge in [0.05, 0.1) is 11.3 Å². The Labute approximate surface area is 181 Å². The molecule has 0 unspecified atom stereocenters. The molecule has 0 aliphatic carbocycles. The van der Waals surface area contributed by atoms with E-state index >= 15 is 0 Å². The van der Waals surface area contributed by atoms with E-state index in [0.29, 0.717) is 5.69 Å². The minimum Gasteiger partial charge on any atom is -0.383 e. The van der Waals surface area contributed by atoms with Crippen molar-refractivity contribution < 1.29 is 14.0 Å². The number of amides is 1. The zero-order chi connectivity index (χ0) is 22.7. The van der Waals surface area contributed by atoms with Crippen molar-refractivity contribution in [3.63, 3.8) is 0 Å². The first-order valence-corrected chi connectivity index (χ1v) is 9.96. The van der Waals surface area contributed by atoms with Crippen LogP contribution in [-0.2, 0) is 11.8 Å². The fourth-order valence-electron chi connectivity index (χ4n) is 3.13. The van der Waals surface area contributed by atoms with E-state index in [1.54, 1.807) is 0 Å². The molecular formula is C20H18N7O3S+. The molecule has 0 bridgehead atoms. The number of aromatic nitrogens is 3. The summed E-state index contributed by atoms with van der Waals surface area (Å²) in [6.07, 6.45) is 0. The minimum atomic E-state index is -0.774. The number of carbonyl (C=O) groups excluding carboxylic acids is 1. The van der Waals surface area contributed by atoms with Crippen LogP contribution in [0.5, 0.6) is 0 Å². The van der Waals surface area contributed by atoms with Crippen LogP contribution in [0.15, 0.2) is 32.5 Å². The van der Waals surface area contributed by atoms with E-state index in [1.165, 1.54) is 11.7 Å². The Bertz CT molecular complexity index is 1310. The summed E-state index contributed by atoms with van der Waals surface area (Å²) in [6.45, 7) is 3.86. The van der Waals surface area contributed by atoms with Gasteiger partial charge in [0, 0.05) is 5.69 Å². The average Bonchev–Trinajstić information content (AvgIpc) is 3.02. The summed E-state index contributed by atoms with van der Waals surface area (Å²) in [5.74, 6) is -0.529. The van der Waals surface area contributed by atoms with Crippen LogP contribution in [0.2, 0.25) is 0 Å². The first-order chi connectivity index (χ1) is 14.7. The highest BCUT2D eigenvalue weighted by atomic mass is 32.2. The number of pyridine rings is 1. The molecule has 0 aliphatic rings. The Morgan fingerprint density at radius 1 is 1.26 bits per heavy atom. The number of hydrogen-bond donors (Lipinski definition) is 3. The number of benzene rings is 1. The lowest BCUT2D eigenvalue weighted by Gasteiger charge is -2.10. The number of rotatable bonds is 5. The van der Waals surface area contributed by atoms with Crippen LogP contribution in [0.4, 0.5) is 11.5 Å². The SMILES string of the molecule is Cc1cc(C)cc(NC(=O)CSc2nc(N)c(C#N)c(-c3c(=O)o[nH][n+]3C)c2C#N)c1. The summed E-state index contributed by atoms with van der Waals surface area (Å²) >= 11 is 0.977. The highest BCUT2D eigenvalue weighted by Gasteiger charge is 2.31.